The summed E-state index contributed by atoms with van der Waals surface area (Å²) in [7, 11) is -3.63. The molecule has 0 amide bonds. The summed E-state index contributed by atoms with van der Waals surface area (Å²) in [4.78, 5) is 0.0880. The van der Waals surface area contributed by atoms with Crippen molar-refractivity contribution in [2.75, 3.05) is 6.54 Å². The van der Waals surface area contributed by atoms with Gasteiger partial charge < -0.3 is 5.32 Å². The van der Waals surface area contributed by atoms with Crippen molar-refractivity contribution in [2.24, 2.45) is 0 Å². The van der Waals surface area contributed by atoms with Crippen LogP contribution in [0.15, 0.2) is 27.6 Å². The molecule has 116 valence electrons. The lowest BCUT2D eigenvalue weighted by molar-refractivity contribution is 0.126. The molecule has 1 saturated carbocycles. The van der Waals surface area contributed by atoms with Crippen LogP contribution in [-0.4, -0.2) is 26.5 Å². The molecule has 2 fully saturated rings. The van der Waals surface area contributed by atoms with Crippen molar-refractivity contribution in [3.05, 3.63) is 28.5 Å². The highest BCUT2D eigenvalue weighted by Gasteiger charge is 2.41. The van der Waals surface area contributed by atoms with Crippen LogP contribution in [0.25, 0.3) is 0 Å². The SMILES string of the molecule is O=S(=O)(NC1CCNC2(CCC2)C1)c1ccc(F)cc1Br. The zero-order valence-electron chi connectivity index (χ0n) is 11.5. The highest BCUT2D eigenvalue weighted by molar-refractivity contribution is 9.10. The first-order valence-corrected chi connectivity index (χ1v) is 9.40. The molecular formula is C14H18BrFN2O2S. The molecule has 2 N–H and O–H groups in total. The standard InChI is InChI=1S/C14H18BrFN2O2S/c15-12-8-10(16)2-3-13(12)21(19,20)18-11-4-7-17-14(9-11)5-1-6-14/h2-3,8,11,17-18H,1,4-7,9H2. The Hall–Kier alpha value is -0.500. The van der Waals surface area contributed by atoms with Crippen molar-refractivity contribution >= 4 is 26.0 Å². The lowest BCUT2D eigenvalue weighted by atomic mass is 9.70. The van der Waals surface area contributed by atoms with Gasteiger partial charge in [0.1, 0.15) is 5.82 Å². The molecule has 4 nitrogen and oxygen atoms in total. The van der Waals surface area contributed by atoms with Crippen LogP contribution in [0.2, 0.25) is 0 Å². The lowest BCUT2D eigenvalue weighted by Gasteiger charge is -2.48. The predicted molar refractivity (Wildman–Crippen MR) is 82.0 cm³/mol. The van der Waals surface area contributed by atoms with Crippen LogP contribution in [0, 0.1) is 5.82 Å². The second-order valence-corrected chi connectivity index (χ2v) is 8.48. The van der Waals surface area contributed by atoms with Gasteiger partial charge in [-0.15, -0.1) is 0 Å². The van der Waals surface area contributed by atoms with Gasteiger partial charge in [0.05, 0.1) is 4.90 Å². The third kappa shape index (κ3) is 3.16. The normalized spacial score (nSPS) is 24.8. The van der Waals surface area contributed by atoms with E-state index >= 15 is 0 Å². The monoisotopic (exact) mass is 376 g/mol. The Morgan fingerprint density at radius 3 is 2.76 bits per heavy atom. The number of halogens is 2. The van der Waals surface area contributed by atoms with E-state index in [1.807, 2.05) is 0 Å². The number of nitrogens with one attached hydrogen (secondary N) is 2. The second kappa shape index (κ2) is 5.61. The average molecular weight is 377 g/mol. The third-order valence-corrected chi connectivity index (χ3v) is 6.94. The highest BCUT2D eigenvalue weighted by atomic mass is 79.9. The van der Waals surface area contributed by atoms with Gasteiger partial charge >= 0.3 is 0 Å². The maximum Gasteiger partial charge on any atom is 0.241 e. The van der Waals surface area contributed by atoms with E-state index in [1.54, 1.807) is 0 Å². The van der Waals surface area contributed by atoms with E-state index in [2.05, 4.69) is 26.0 Å². The van der Waals surface area contributed by atoms with E-state index < -0.39 is 15.8 Å². The van der Waals surface area contributed by atoms with Crippen LogP contribution in [0.3, 0.4) is 0 Å². The summed E-state index contributed by atoms with van der Waals surface area (Å²) in [5.74, 6) is -0.462. The number of rotatable bonds is 3. The summed E-state index contributed by atoms with van der Waals surface area (Å²) in [6.07, 6.45) is 5.04. The van der Waals surface area contributed by atoms with Gasteiger partial charge in [0, 0.05) is 16.1 Å². The fraction of sp³-hybridized carbons (Fsp3) is 0.571. The fourth-order valence-corrected chi connectivity index (χ4v) is 5.54. The number of benzene rings is 1. The zero-order chi connectivity index (χ0) is 15.1. The van der Waals surface area contributed by atoms with Crippen molar-refractivity contribution in [3.63, 3.8) is 0 Å². The Kier molecular flexibility index (Phi) is 4.11. The van der Waals surface area contributed by atoms with Crippen LogP contribution < -0.4 is 10.0 Å². The van der Waals surface area contributed by atoms with E-state index in [-0.39, 0.29) is 20.9 Å². The molecule has 1 spiro atoms. The number of piperidine rings is 1. The molecule has 3 rings (SSSR count). The second-order valence-electron chi connectivity index (χ2n) is 5.95. The summed E-state index contributed by atoms with van der Waals surface area (Å²) < 4.78 is 41.1. The number of hydrogen-bond donors (Lipinski definition) is 2. The molecule has 21 heavy (non-hydrogen) atoms. The molecule has 1 saturated heterocycles. The summed E-state index contributed by atoms with van der Waals surface area (Å²) >= 11 is 3.12. The zero-order valence-corrected chi connectivity index (χ0v) is 13.9. The molecule has 2 aliphatic rings. The molecule has 7 heteroatoms. The minimum Gasteiger partial charge on any atom is -0.311 e. The molecule has 1 atom stereocenters. The van der Waals surface area contributed by atoms with Gasteiger partial charge in [-0.2, -0.15) is 0 Å². The maximum atomic E-state index is 13.1. The van der Waals surface area contributed by atoms with Gasteiger partial charge in [-0.05, 0) is 72.8 Å². The first-order valence-electron chi connectivity index (χ1n) is 7.13. The Morgan fingerprint density at radius 2 is 2.14 bits per heavy atom. The van der Waals surface area contributed by atoms with E-state index in [0.717, 1.165) is 38.3 Å². The van der Waals surface area contributed by atoms with Crippen LogP contribution in [0.4, 0.5) is 4.39 Å². The summed E-state index contributed by atoms with van der Waals surface area (Å²) in [5.41, 5.74) is 0.130. The first-order chi connectivity index (χ1) is 9.90. The van der Waals surface area contributed by atoms with Crippen molar-refractivity contribution in [3.8, 4) is 0 Å². The van der Waals surface area contributed by atoms with Gasteiger partial charge in [0.2, 0.25) is 10.0 Å². The molecule has 1 heterocycles. The molecular weight excluding hydrogens is 359 g/mol. The summed E-state index contributed by atoms with van der Waals surface area (Å²) in [6.45, 7) is 0.831. The Labute approximate surface area is 132 Å². The highest BCUT2D eigenvalue weighted by Crippen LogP contribution is 2.38. The number of hydrogen-bond acceptors (Lipinski definition) is 3. The molecule has 0 bridgehead atoms. The van der Waals surface area contributed by atoms with Crippen LogP contribution in [0.1, 0.15) is 32.1 Å². The topological polar surface area (TPSA) is 58.2 Å². The average Bonchev–Trinajstić information content (AvgIpc) is 2.36. The maximum absolute atomic E-state index is 13.1. The quantitative estimate of drug-likeness (QED) is 0.851. The molecule has 1 aliphatic carbocycles. The summed E-state index contributed by atoms with van der Waals surface area (Å²) in [6, 6.07) is 3.56. The molecule has 1 aliphatic heterocycles. The van der Waals surface area contributed by atoms with E-state index in [9.17, 15) is 12.8 Å². The lowest BCUT2D eigenvalue weighted by Crippen LogP contribution is -2.59. The predicted octanol–water partition coefficient (Wildman–Crippen LogP) is 2.54. The van der Waals surface area contributed by atoms with Gasteiger partial charge in [-0.3, -0.25) is 0 Å². The third-order valence-electron chi connectivity index (χ3n) is 4.45. The van der Waals surface area contributed by atoms with Gasteiger partial charge in [-0.25, -0.2) is 17.5 Å². The Morgan fingerprint density at radius 1 is 1.38 bits per heavy atom. The van der Waals surface area contributed by atoms with Crippen molar-refractivity contribution in [2.45, 2.75) is 48.6 Å². The van der Waals surface area contributed by atoms with Crippen molar-refractivity contribution < 1.29 is 12.8 Å². The van der Waals surface area contributed by atoms with E-state index in [1.165, 1.54) is 18.6 Å². The minimum atomic E-state index is -3.63. The molecule has 1 unspecified atom stereocenters. The smallest absolute Gasteiger partial charge is 0.241 e. The molecule has 0 radical (unpaired) electrons. The first kappa shape index (κ1) is 15.4. The minimum absolute atomic E-state index is 0.0616. The van der Waals surface area contributed by atoms with Crippen molar-refractivity contribution in [1.82, 2.24) is 10.0 Å². The van der Waals surface area contributed by atoms with Gasteiger partial charge in [-0.1, -0.05) is 0 Å². The van der Waals surface area contributed by atoms with E-state index in [0.29, 0.717) is 0 Å². The number of sulfonamides is 1. The van der Waals surface area contributed by atoms with E-state index in [4.69, 9.17) is 0 Å². The Bertz CT molecular complexity index is 646. The van der Waals surface area contributed by atoms with Crippen molar-refractivity contribution in [1.29, 1.82) is 0 Å². The molecule has 1 aromatic carbocycles. The van der Waals surface area contributed by atoms with Gasteiger partial charge in [0.15, 0.2) is 0 Å². The van der Waals surface area contributed by atoms with Crippen LogP contribution >= 0.6 is 15.9 Å². The van der Waals surface area contributed by atoms with Crippen LogP contribution in [0.5, 0.6) is 0 Å². The molecule has 1 aromatic rings. The summed E-state index contributed by atoms with van der Waals surface area (Å²) in [5, 5.41) is 3.51. The van der Waals surface area contributed by atoms with Crippen LogP contribution in [-0.2, 0) is 10.0 Å². The molecule has 0 aromatic heterocycles. The van der Waals surface area contributed by atoms with Gasteiger partial charge in [0.25, 0.3) is 0 Å². The Balaban J connectivity index is 1.76. The fourth-order valence-electron chi connectivity index (χ4n) is 3.22. The largest absolute Gasteiger partial charge is 0.311 e.